The van der Waals surface area contributed by atoms with E-state index in [2.05, 4.69) is 19.9 Å². The maximum atomic E-state index is 13.1. The lowest BCUT2D eigenvalue weighted by Gasteiger charge is -2.21. The number of carbonyl (C=O) groups is 1. The Bertz CT molecular complexity index is 1410. The van der Waals surface area contributed by atoms with E-state index in [9.17, 15) is 23.1 Å². The van der Waals surface area contributed by atoms with E-state index < -0.39 is 24.0 Å². The largest absolute Gasteiger partial charge is 0.438 e. The summed E-state index contributed by atoms with van der Waals surface area (Å²) in [6, 6.07) is 6.90. The Labute approximate surface area is 196 Å². The van der Waals surface area contributed by atoms with E-state index in [1.165, 1.54) is 6.33 Å². The number of alkyl halides is 3. The normalized spacial score (nSPS) is 16.4. The van der Waals surface area contributed by atoms with Crippen LogP contribution >= 0.6 is 0 Å². The highest BCUT2D eigenvalue weighted by molar-refractivity contribution is 6.06. The van der Waals surface area contributed by atoms with Crippen molar-refractivity contribution in [3.63, 3.8) is 0 Å². The van der Waals surface area contributed by atoms with Crippen LogP contribution in [0.25, 0.3) is 11.0 Å². The molecule has 5 rings (SSSR count). The molecule has 2 amide bonds. The highest BCUT2D eigenvalue weighted by Gasteiger charge is 2.39. The molecule has 3 aromatic heterocycles. The number of aliphatic hydroxyl groups is 1. The number of aliphatic hydroxyl groups excluding tert-OH is 1. The van der Waals surface area contributed by atoms with Gasteiger partial charge in [-0.2, -0.15) is 13.2 Å². The number of halogens is 3. The second-order valence-electron chi connectivity index (χ2n) is 7.84. The Morgan fingerprint density at radius 1 is 1.17 bits per heavy atom. The van der Waals surface area contributed by atoms with Gasteiger partial charge < -0.3 is 14.8 Å². The predicted octanol–water partition coefficient (Wildman–Crippen LogP) is 4.49. The Hall–Kier alpha value is -4.19. The number of rotatable bonds is 5. The monoisotopic (exact) mass is 484 g/mol. The number of nitrogens with zero attached hydrogens (tertiary/aromatic N) is 5. The molecule has 180 valence electrons. The second-order valence-corrected chi connectivity index (χ2v) is 7.84. The smallest absolute Gasteiger partial charge is 0.417 e. The maximum absolute atomic E-state index is 13.1. The number of ether oxygens (including phenoxy) is 1. The van der Waals surface area contributed by atoms with Gasteiger partial charge in [0.05, 0.1) is 29.4 Å². The van der Waals surface area contributed by atoms with Crippen molar-refractivity contribution in [2.24, 2.45) is 0 Å². The lowest BCUT2D eigenvalue weighted by atomic mass is 10.1. The molecule has 0 spiro atoms. The maximum Gasteiger partial charge on any atom is 0.417 e. The molecule has 0 saturated carbocycles. The average molecular weight is 484 g/mol. The molecule has 35 heavy (non-hydrogen) atoms. The van der Waals surface area contributed by atoms with Crippen LogP contribution in [0.3, 0.4) is 0 Å². The number of hydrogen-bond donors (Lipinski definition) is 2. The number of fused-ring (bicyclic) bond motifs is 1. The minimum Gasteiger partial charge on any atom is -0.438 e. The molecular weight excluding hydrogens is 465 g/mol. The van der Waals surface area contributed by atoms with Crippen LogP contribution in [0.2, 0.25) is 0 Å². The van der Waals surface area contributed by atoms with E-state index in [1.54, 1.807) is 30.5 Å². The van der Waals surface area contributed by atoms with Crippen molar-refractivity contribution in [1.82, 2.24) is 19.9 Å². The van der Waals surface area contributed by atoms with Gasteiger partial charge in [-0.3, -0.25) is 14.8 Å². The highest BCUT2D eigenvalue weighted by atomic mass is 19.4. The predicted molar refractivity (Wildman–Crippen MR) is 120 cm³/mol. The van der Waals surface area contributed by atoms with Crippen LogP contribution in [-0.2, 0) is 12.6 Å². The van der Waals surface area contributed by atoms with Gasteiger partial charge in [-0.15, -0.1) is 0 Å². The summed E-state index contributed by atoms with van der Waals surface area (Å²) < 4.78 is 45.3. The fourth-order valence-electron chi connectivity index (χ4n) is 3.93. The zero-order valence-corrected chi connectivity index (χ0v) is 18.3. The number of H-pyrrole nitrogens is 1. The van der Waals surface area contributed by atoms with Crippen molar-refractivity contribution in [2.45, 2.75) is 25.7 Å². The standard InChI is InChI=1S/C23H19F3N6O3/c1-2-13-7-15(3-4-18(13)35-21-17-5-6-28-20(17)29-12-30-21)32-19(33)11-31(22(32)34)16-8-14(9-27-10-16)23(24,25)26/h3-10,12,19,33H,2,11H2,1H3,(H,28,29,30)/t19-/m1/s1. The molecule has 12 heteroatoms. The molecule has 0 unspecified atom stereocenters. The Morgan fingerprint density at radius 3 is 2.77 bits per heavy atom. The Kier molecular flexibility index (Phi) is 5.52. The van der Waals surface area contributed by atoms with Gasteiger partial charge >= 0.3 is 12.2 Å². The summed E-state index contributed by atoms with van der Waals surface area (Å²) in [6.45, 7) is 1.69. The van der Waals surface area contributed by atoms with E-state index in [-0.39, 0.29) is 12.2 Å². The fourth-order valence-corrected chi connectivity index (χ4v) is 3.93. The molecule has 1 aliphatic heterocycles. The van der Waals surface area contributed by atoms with Gasteiger partial charge in [-0.1, -0.05) is 6.92 Å². The van der Waals surface area contributed by atoms with E-state index in [4.69, 9.17) is 4.74 Å². The molecule has 1 aliphatic rings. The summed E-state index contributed by atoms with van der Waals surface area (Å²) in [4.78, 5) is 30.2. The molecule has 0 aliphatic carbocycles. The molecule has 4 heterocycles. The fraction of sp³-hybridized carbons (Fsp3) is 0.217. The molecule has 0 bridgehead atoms. The SMILES string of the molecule is CCc1cc(N2C(=O)N(c3cncc(C(F)(F)F)c3)C[C@H]2O)ccc1Oc1ncnc2[nH]ccc12. The zero-order valence-electron chi connectivity index (χ0n) is 18.3. The van der Waals surface area contributed by atoms with Crippen LogP contribution in [0.1, 0.15) is 18.1 Å². The van der Waals surface area contributed by atoms with E-state index in [0.29, 0.717) is 41.0 Å². The number of hydrogen-bond acceptors (Lipinski definition) is 6. The molecular formula is C23H19F3N6O3. The first-order valence-corrected chi connectivity index (χ1v) is 10.7. The van der Waals surface area contributed by atoms with Crippen molar-refractivity contribution in [2.75, 3.05) is 16.3 Å². The van der Waals surface area contributed by atoms with Gasteiger partial charge in [0.2, 0.25) is 5.88 Å². The number of aromatic amines is 1. The summed E-state index contributed by atoms with van der Waals surface area (Å²) in [5.41, 5.74) is 0.709. The summed E-state index contributed by atoms with van der Waals surface area (Å²) in [5, 5.41) is 11.3. The first-order valence-electron chi connectivity index (χ1n) is 10.7. The summed E-state index contributed by atoms with van der Waals surface area (Å²) >= 11 is 0. The van der Waals surface area contributed by atoms with Gasteiger partial charge in [0.25, 0.3) is 0 Å². The van der Waals surface area contributed by atoms with Gasteiger partial charge in [-0.05, 0) is 42.3 Å². The first kappa shape index (κ1) is 22.6. The molecule has 9 nitrogen and oxygen atoms in total. The number of amides is 2. The van der Waals surface area contributed by atoms with Crippen molar-refractivity contribution in [3.05, 3.63) is 66.4 Å². The number of aromatic nitrogens is 4. The van der Waals surface area contributed by atoms with Gasteiger partial charge in [-0.25, -0.2) is 14.8 Å². The number of benzene rings is 1. The van der Waals surface area contributed by atoms with Crippen LogP contribution in [0.4, 0.5) is 29.3 Å². The van der Waals surface area contributed by atoms with E-state index in [1.807, 2.05) is 6.92 Å². The number of urea groups is 1. The highest BCUT2D eigenvalue weighted by Crippen LogP contribution is 2.36. The van der Waals surface area contributed by atoms with Gasteiger partial charge in [0.15, 0.2) is 6.23 Å². The third-order valence-corrected chi connectivity index (χ3v) is 5.67. The first-order chi connectivity index (χ1) is 16.8. The second kappa shape index (κ2) is 8.55. The molecule has 1 fully saturated rings. The van der Waals surface area contributed by atoms with Crippen LogP contribution in [-0.4, -0.2) is 43.8 Å². The lowest BCUT2D eigenvalue weighted by Crippen LogP contribution is -2.35. The topological polar surface area (TPSA) is 107 Å². The van der Waals surface area contributed by atoms with Gasteiger partial charge in [0, 0.05) is 18.1 Å². The number of anilines is 2. The Morgan fingerprint density at radius 2 is 2.00 bits per heavy atom. The van der Waals surface area contributed by atoms with E-state index in [0.717, 1.165) is 27.6 Å². The van der Waals surface area contributed by atoms with Crippen molar-refractivity contribution in [1.29, 1.82) is 0 Å². The molecule has 2 N–H and O–H groups in total. The van der Waals surface area contributed by atoms with E-state index >= 15 is 0 Å². The number of aryl methyl sites for hydroxylation is 1. The lowest BCUT2D eigenvalue weighted by molar-refractivity contribution is -0.137. The number of nitrogens with one attached hydrogen (secondary N) is 1. The number of β-amino-alcohol motifs (C(OH)–C–C–N with tert-alkyl or cyclic N) is 1. The minimum absolute atomic E-state index is 0.0543. The van der Waals surface area contributed by atoms with Crippen molar-refractivity contribution < 1.29 is 27.8 Å². The molecule has 0 radical (unpaired) electrons. The molecule has 1 saturated heterocycles. The van der Waals surface area contributed by atoms with Crippen LogP contribution in [0, 0.1) is 0 Å². The van der Waals surface area contributed by atoms with Crippen molar-refractivity contribution >= 4 is 28.4 Å². The summed E-state index contributed by atoms with van der Waals surface area (Å²) in [6.07, 6.45) is -0.387. The third kappa shape index (κ3) is 4.12. The summed E-state index contributed by atoms with van der Waals surface area (Å²) in [7, 11) is 0. The number of carbonyl (C=O) groups excluding carboxylic acids is 1. The quantitative estimate of drug-likeness (QED) is 0.432. The zero-order chi connectivity index (χ0) is 24.7. The molecule has 1 atom stereocenters. The van der Waals surface area contributed by atoms with Crippen LogP contribution < -0.4 is 14.5 Å². The van der Waals surface area contributed by atoms with Gasteiger partial charge in [0.1, 0.15) is 17.7 Å². The van der Waals surface area contributed by atoms with Crippen LogP contribution in [0.5, 0.6) is 11.6 Å². The Balaban J connectivity index is 1.43. The number of pyridine rings is 1. The minimum atomic E-state index is -4.61. The molecule has 1 aromatic carbocycles. The van der Waals surface area contributed by atoms with Crippen LogP contribution in [0.15, 0.2) is 55.2 Å². The molecule has 4 aromatic rings. The average Bonchev–Trinajstić information content (AvgIpc) is 3.43. The third-order valence-electron chi connectivity index (χ3n) is 5.67. The van der Waals surface area contributed by atoms with Crippen molar-refractivity contribution in [3.8, 4) is 11.6 Å². The summed E-state index contributed by atoms with van der Waals surface area (Å²) in [5.74, 6) is 0.872.